The first kappa shape index (κ1) is 21.8. The number of hydrogen-bond donors (Lipinski definition) is 3. The Bertz CT molecular complexity index is 816. The van der Waals surface area contributed by atoms with E-state index in [0.29, 0.717) is 31.2 Å². The van der Waals surface area contributed by atoms with Gasteiger partial charge >= 0.3 is 11.9 Å². The fourth-order valence-electron chi connectivity index (χ4n) is 3.67. The summed E-state index contributed by atoms with van der Waals surface area (Å²) in [5.41, 5.74) is 2.34. The van der Waals surface area contributed by atoms with Crippen LogP contribution in [0.2, 0.25) is 0 Å². The van der Waals surface area contributed by atoms with E-state index in [2.05, 4.69) is 15.7 Å². The van der Waals surface area contributed by atoms with Crippen molar-refractivity contribution in [3.63, 3.8) is 0 Å². The van der Waals surface area contributed by atoms with Crippen LogP contribution in [-0.4, -0.2) is 70.6 Å². The van der Waals surface area contributed by atoms with Crippen molar-refractivity contribution in [3.8, 4) is 0 Å². The van der Waals surface area contributed by atoms with Crippen molar-refractivity contribution in [1.82, 2.24) is 30.8 Å². The lowest BCUT2D eigenvalue weighted by atomic mass is 9.94. The minimum Gasteiger partial charge on any atom is -0.343 e. The molecule has 0 bridgehead atoms. The first-order valence-corrected chi connectivity index (χ1v) is 10.2. The Kier molecular flexibility index (Phi) is 7.03. The SMILES string of the molecule is CC(=O)NC(C)C(=O)ONC(=O)c1cc2n(n1)CCN(CCC1CCNCC1)C2=O. The van der Waals surface area contributed by atoms with E-state index in [1.54, 1.807) is 4.90 Å². The Morgan fingerprint density at radius 2 is 2.03 bits per heavy atom. The van der Waals surface area contributed by atoms with Gasteiger partial charge in [-0.3, -0.25) is 19.1 Å². The standard InChI is InChI=1S/C19H28N6O5/c1-12(21-13(2)26)19(29)30-23-17(27)15-11-16-18(28)24(9-10-25(16)22-15)8-5-14-3-6-20-7-4-14/h11-12,14,20H,3-10H2,1-2H3,(H,21,26)(H,23,27). The van der Waals surface area contributed by atoms with Crippen molar-refractivity contribution in [2.75, 3.05) is 26.2 Å². The van der Waals surface area contributed by atoms with Crippen LogP contribution in [0.3, 0.4) is 0 Å². The van der Waals surface area contributed by atoms with Gasteiger partial charge in [0.05, 0.1) is 6.54 Å². The van der Waals surface area contributed by atoms with E-state index in [4.69, 9.17) is 4.84 Å². The topological polar surface area (TPSA) is 135 Å². The fraction of sp³-hybridized carbons (Fsp3) is 0.632. The first-order chi connectivity index (χ1) is 14.3. The number of nitrogens with zero attached hydrogens (tertiary/aromatic N) is 3. The smallest absolute Gasteiger partial charge is 0.343 e. The lowest BCUT2D eigenvalue weighted by molar-refractivity contribution is -0.152. The van der Waals surface area contributed by atoms with Gasteiger partial charge in [0, 0.05) is 26.1 Å². The molecule has 30 heavy (non-hydrogen) atoms. The summed E-state index contributed by atoms with van der Waals surface area (Å²) in [4.78, 5) is 54.3. The number of hydrogen-bond acceptors (Lipinski definition) is 7. The van der Waals surface area contributed by atoms with Crippen molar-refractivity contribution >= 4 is 23.7 Å². The number of piperidine rings is 1. The molecular formula is C19H28N6O5. The molecule has 2 aliphatic heterocycles. The molecule has 1 aromatic heterocycles. The minimum atomic E-state index is -0.909. The molecule has 0 aromatic carbocycles. The summed E-state index contributed by atoms with van der Waals surface area (Å²) >= 11 is 0. The highest BCUT2D eigenvalue weighted by Crippen LogP contribution is 2.19. The summed E-state index contributed by atoms with van der Waals surface area (Å²) in [6.45, 7) is 6.49. The molecule has 1 fully saturated rings. The predicted octanol–water partition coefficient (Wildman–Crippen LogP) is -0.559. The minimum absolute atomic E-state index is 0.0152. The second-order valence-electron chi connectivity index (χ2n) is 7.69. The van der Waals surface area contributed by atoms with Gasteiger partial charge in [-0.25, -0.2) is 4.79 Å². The third-order valence-corrected chi connectivity index (χ3v) is 5.38. The Hall–Kier alpha value is -2.95. The molecule has 0 aliphatic carbocycles. The summed E-state index contributed by atoms with van der Waals surface area (Å²) in [6, 6.07) is 0.493. The maximum absolute atomic E-state index is 12.8. The second-order valence-corrected chi connectivity index (χ2v) is 7.69. The van der Waals surface area contributed by atoms with E-state index in [1.165, 1.54) is 24.6 Å². The molecule has 0 saturated carbocycles. The van der Waals surface area contributed by atoms with Gasteiger partial charge in [0.15, 0.2) is 5.69 Å². The Labute approximate surface area is 174 Å². The normalized spacial score (nSPS) is 17.8. The maximum atomic E-state index is 12.8. The van der Waals surface area contributed by atoms with Crippen LogP contribution in [-0.2, 0) is 21.0 Å². The van der Waals surface area contributed by atoms with Gasteiger partial charge < -0.3 is 20.4 Å². The molecule has 3 heterocycles. The molecule has 1 saturated heterocycles. The molecule has 11 nitrogen and oxygen atoms in total. The summed E-state index contributed by atoms with van der Waals surface area (Å²) in [6.07, 6.45) is 3.23. The molecule has 3 N–H and O–H groups in total. The number of nitrogens with one attached hydrogen (secondary N) is 3. The van der Waals surface area contributed by atoms with Crippen LogP contribution < -0.4 is 16.1 Å². The predicted molar refractivity (Wildman–Crippen MR) is 105 cm³/mol. The van der Waals surface area contributed by atoms with Crippen molar-refractivity contribution in [2.24, 2.45) is 5.92 Å². The highest BCUT2D eigenvalue weighted by Gasteiger charge is 2.29. The van der Waals surface area contributed by atoms with Gasteiger partial charge in [-0.2, -0.15) is 10.6 Å². The van der Waals surface area contributed by atoms with Gasteiger partial charge in [-0.1, -0.05) is 0 Å². The Balaban J connectivity index is 1.53. The molecule has 3 rings (SSSR count). The van der Waals surface area contributed by atoms with Crippen molar-refractivity contribution in [2.45, 2.75) is 45.7 Å². The number of aromatic nitrogens is 2. The van der Waals surface area contributed by atoms with E-state index in [1.807, 2.05) is 5.48 Å². The van der Waals surface area contributed by atoms with Crippen LogP contribution in [0.15, 0.2) is 6.07 Å². The average molecular weight is 420 g/mol. The van der Waals surface area contributed by atoms with Crippen LogP contribution in [0.5, 0.6) is 0 Å². The van der Waals surface area contributed by atoms with Crippen LogP contribution >= 0.6 is 0 Å². The van der Waals surface area contributed by atoms with Crippen molar-refractivity contribution in [3.05, 3.63) is 17.5 Å². The Morgan fingerprint density at radius 3 is 2.73 bits per heavy atom. The third-order valence-electron chi connectivity index (χ3n) is 5.38. The van der Waals surface area contributed by atoms with Gasteiger partial charge in [0.1, 0.15) is 11.7 Å². The number of carbonyl (C=O) groups is 4. The zero-order valence-electron chi connectivity index (χ0n) is 17.3. The van der Waals surface area contributed by atoms with E-state index >= 15 is 0 Å². The number of amides is 3. The largest absolute Gasteiger partial charge is 0.353 e. The summed E-state index contributed by atoms with van der Waals surface area (Å²) in [5, 5.41) is 9.84. The molecular weight excluding hydrogens is 392 g/mol. The zero-order chi connectivity index (χ0) is 21.7. The molecule has 1 aromatic rings. The van der Waals surface area contributed by atoms with Gasteiger partial charge in [-0.05, 0) is 45.2 Å². The number of rotatable bonds is 6. The molecule has 1 atom stereocenters. The maximum Gasteiger partial charge on any atom is 0.353 e. The van der Waals surface area contributed by atoms with Gasteiger partial charge in [0.2, 0.25) is 5.91 Å². The molecule has 0 radical (unpaired) electrons. The van der Waals surface area contributed by atoms with Crippen molar-refractivity contribution in [1.29, 1.82) is 0 Å². The number of carbonyl (C=O) groups excluding carboxylic acids is 4. The fourth-order valence-corrected chi connectivity index (χ4v) is 3.67. The molecule has 164 valence electrons. The van der Waals surface area contributed by atoms with E-state index in [0.717, 1.165) is 32.4 Å². The first-order valence-electron chi connectivity index (χ1n) is 10.2. The zero-order valence-corrected chi connectivity index (χ0v) is 17.3. The summed E-state index contributed by atoms with van der Waals surface area (Å²) < 4.78 is 1.50. The highest BCUT2D eigenvalue weighted by atomic mass is 16.7. The van der Waals surface area contributed by atoms with Crippen LogP contribution in [0.25, 0.3) is 0 Å². The lowest BCUT2D eigenvalue weighted by Gasteiger charge is -2.30. The lowest BCUT2D eigenvalue weighted by Crippen LogP contribution is -2.42. The van der Waals surface area contributed by atoms with E-state index < -0.39 is 23.8 Å². The molecule has 3 amide bonds. The molecule has 11 heteroatoms. The highest BCUT2D eigenvalue weighted by molar-refractivity contribution is 5.98. The summed E-state index contributed by atoms with van der Waals surface area (Å²) in [7, 11) is 0. The van der Waals surface area contributed by atoms with E-state index in [-0.39, 0.29) is 11.6 Å². The van der Waals surface area contributed by atoms with E-state index in [9.17, 15) is 19.2 Å². The third kappa shape index (κ3) is 5.35. The molecule has 1 unspecified atom stereocenters. The van der Waals surface area contributed by atoms with Crippen molar-refractivity contribution < 1.29 is 24.0 Å². The summed E-state index contributed by atoms with van der Waals surface area (Å²) in [5.74, 6) is -1.48. The van der Waals surface area contributed by atoms with Crippen LogP contribution in [0.1, 0.15) is 54.1 Å². The monoisotopic (exact) mass is 420 g/mol. The Morgan fingerprint density at radius 1 is 1.30 bits per heavy atom. The quantitative estimate of drug-likeness (QED) is 0.525. The van der Waals surface area contributed by atoms with Gasteiger partial charge in [-0.15, -0.1) is 0 Å². The number of fused-ring (bicyclic) bond motifs is 1. The molecule has 0 spiro atoms. The molecule has 2 aliphatic rings. The second kappa shape index (κ2) is 9.70. The van der Waals surface area contributed by atoms with Crippen LogP contribution in [0, 0.1) is 5.92 Å². The van der Waals surface area contributed by atoms with Gasteiger partial charge in [0.25, 0.3) is 5.91 Å². The number of hydroxylamine groups is 1. The van der Waals surface area contributed by atoms with Crippen LogP contribution in [0.4, 0.5) is 0 Å². The average Bonchev–Trinajstić information content (AvgIpc) is 3.17.